The zero-order chi connectivity index (χ0) is 29.1. The lowest BCUT2D eigenvalue weighted by Gasteiger charge is -2.35. The molecule has 3 atom stereocenters. The van der Waals surface area contributed by atoms with Crippen molar-refractivity contribution in [3.05, 3.63) is 77.4 Å². The van der Waals surface area contributed by atoms with Crippen molar-refractivity contribution in [1.29, 1.82) is 0 Å². The zero-order valence-corrected chi connectivity index (χ0v) is 23.2. The maximum atomic E-state index is 13.8. The zero-order valence-electron chi connectivity index (χ0n) is 23.2. The molecule has 1 aromatic heterocycles. The van der Waals surface area contributed by atoms with Crippen LogP contribution in [-0.2, 0) is 38.5 Å². The molecule has 0 saturated carbocycles. The Labute approximate surface area is 242 Å². The lowest BCUT2D eigenvalue weighted by Crippen LogP contribution is -2.55. The van der Waals surface area contributed by atoms with Crippen LogP contribution >= 0.6 is 0 Å². The fourth-order valence-corrected chi connectivity index (χ4v) is 6.10. The van der Waals surface area contributed by atoms with Crippen LogP contribution in [0.1, 0.15) is 36.1 Å². The summed E-state index contributed by atoms with van der Waals surface area (Å²) in [5.74, 6) is -1.08. The van der Waals surface area contributed by atoms with Gasteiger partial charge in [0, 0.05) is 44.8 Å². The van der Waals surface area contributed by atoms with Crippen LogP contribution in [0.2, 0.25) is 0 Å². The molecule has 4 heterocycles. The van der Waals surface area contributed by atoms with Crippen molar-refractivity contribution >= 4 is 17.7 Å². The molecule has 2 fully saturated rings. The average Bonchev–Trinajstić information content (AvgIpc) is 3.64. The summed E-state index contributed by atoms with van der Waals surface area (Å²) in [6.45, 7) is 2.01. The van der Waals surface area contributed by atoms with Gasteiger partial charge in [0.2, 0.25) is 17.7 Å². The minimum atomic E-state index is -0.906. The van der Waals surface area contributed by atoms with Gasteiger partial charge < -0.3 is 20.7 Å². The summed E-state index contributed by atoms with van der Waals surface area (Å²) in [5.41, 5.74) is 2.79. The Balaban J connectivity index is 1.28. The normalized spacial score (nSPS) is 24.3. The molecule has 0 spiro atoms. The smallest absolute Gasteiger partial charge is 0.243 e. The highest BCUT2D eigenvalue weighted by Gasteiger charge is 2.42. The van der Waals surface area contributed by atoms with Gasteiger partial charge in [-0.25, -0.2) is 9.07 Å². The number of likely N-dealkylation sites (tertiary alicyclic amines) is 1. The Hall–Kier alpha value is -4.16. The second-order valence-corrected chi connectivity index (χ2v) is 11.1. The second kappa shape index (κ2) is 12.4. The van der Waals surface area contributed by atoms with E-state index < -0.39 is 12.1 Å². The molecule has 1 unspecified atom stereocenters. The van der Waals surface area contributed by atoms with Crippen LogP contribution in [0.5, 0.6) is 0 Å². The number of nitrogens with zero attached hydrogens (tertiary/aromatic N) is 4. The largest absolute Gasteiger partial charge is 0.381 e. The highest BCUT2D eigenvalue weighted by molar-refractivity contribution is 5.90. The molecule has 6 rings (SSSR count). The van der Waals surface area contributed by atoms with Gasteiger partial charge in [-0.3, -0.25) is 19.3 Å². The van der Waals surface area contributed by atoms with Crippen molar-refractivity contribution < 1.29 is 23.5 Å². The van der Waals surface area contributed by atoms with Crippen molar-refractivity contribution in [2.24, 2.45) is 0 Å². The highest BCUT2D eigenvalue weighted by Crippen LogP contribution is 2.27. The summed E-state index contributed by atoms with van der Waals surface area (Å²) in [7, 11) is 0. The number of nitrogens with one attached hydrogen (secondary N) is 3. The number of fused-ring (bicyclic) bond motifs is 3. The fourth-order valence-electron chi connectivity index (χ4n) is 6.10. The van der Waals surface area contributed by atoms with Crippen LogP contribution in [0.4, 0.5) is 4.39 Å². The monoisotopic (exact) mass is 575 g/mol. The summed E-state index contributed by atoms with van der Waals surface area (Å²) in [6.07, 6.45) is 4.02. The molecule has 220 valence electrons. The first-order chi connectivity index (χ1) is 20.4. The van der Waals surface area contributed by atoms with Crippen LogP contribution in [0.15, 0.2) is 54.7 Å². The number of amides is 3. The summed E-state index contributed by atoms with van der Waals surface area (Å²) in [4.78, 5) is 42.6. The van der Waals surface area contributed by atoms with Gasteiger partial charge in [0.1, 0.15) is 11.9 Å². The van der Waals surface area contributed by atoms with Crippen molar-refractivity contribution in [1.82, 2.24) is 35.8 Å². The standard InChI is InChI=1S/C30H34FN7O4/c31-21-5-7-25(8-6-21)38-18-23(35-36-38)14-26-29(40)32-16-20-4-2-1-3-19(20)13-28(39)33-22-15-27(30(41)34-26)37(17-22)24-9-11-42-12-10-24/h1-8,18,22,24,26-27H,9-17H2,(H,32,40)(H,33,39)(H,34,41)/t22-,26?,27-/m0/s1. The molecule has 2 bridgehead atoms. The van der Waals surface area contributed by atoms with E-state index in [-0.39, 0.29) is 55.0 Å². The molecule has 11 nitrogen and oxygen atoms in total. The number of halogens is 1. The Bertz CT molecular complexity index is 1440. The van der Waals surface area contributed by atoms with Gasteiger partial charge in [0.25, 0.3) is 0 Å². The molecule has 3 aromatic rings. The van der Waals surface area contributed by atoms with Gasteiger partial charge in [-0.1, -0.05) is 29.5 Å². The topological polar surface area (TPSA) is 130 Å². The predicted octanol–water partition coefficient (Wildman–Crippen LogP) is 1.04. The molecule has 3 N–H and O–H groups in total. The summed E-state index contributed by atoms with van der Waals surface area (Å²) in [5, 5.41) is 17.5. The fraction of sp³-hybridized carbons (Fsp3) is 0.433. The molecular weight excluding hydrogens is 541 g/mol. The molecule has 3 aliphatic heterocycles. The second-order valence-electron chi connectivity index (χ2n) is 11.1. The van der Waals surface area contributed by atoms with Crippen LogP contribution in [0, 0.1) is 5.82 Å². The first-order valence-corrected chi connectivity index (χ1v) is 14.4. The molecule has 2 aromatic carbocycles. The van der Waals surface area contributed by atoms with Crippen LogP contribution in [0.25, 0.3) is 5.69 Å². The molecular formula is C30H34FN7O4. The van der Waals surface area contributed by atoms with E-state index in [0.717, 1.165) is 24.0 Å². The van der Waals surface area contributed by atoms with Gasteiger partial charge >= 0.3 is 0 Å². The SMILES string of the molecule is O=C1Cc2ccccc2CNC(=O)C(Cc2cn(-c3ccc(F)cc3)nn2)NC(=O)[C@@H]2C[C@@H](CN2C2CCOCC2)N1. The van der Waals surface area contributed by atoms with E-state index in [1.165, 1.54) is 16.8 Å². The Morgan fingerprint density at radius 3 is 2.50 bits per heavy atom. The maximum Gasteiger partial charge on any atom is 0.243 e. The van der Waals surface area contributed by atoms with Gasteiger partial charge in [0.05, 0.1) is 30.0 Å². The van der Waals surface area contributed by atoms with Gasteiger partial charge in [0.15, 0.2) is 0 Å². The summed E-state index contributed by atoms with van der Waals surface area (Å²) >= 11 is 0. The van der Waals surface area contributed by atoms with Crippen LogP contribution < -0.4 is 16.0 Å². The minimum absolute atomic E-state index is 0.106. The van der Waals surface area contributed by atoms with Gasteiger partial charge in [-0.05, 0) is 54.7 Å². The molecule has 42 heavy (non-hydrogen) atoms. The highest BCUT2D eigenvalue weighted by atomic mass is 19.1. The first kappa shape index (κ1) is 28.0. The molecule has 12 heteroatoms. The van der Waals surface area contributed by atoms with E-state index in [0.29, 0.717) is 37.6 Å². The third-order valence-electron chi connectivity index (χ3n) is 8.27. The molecule has 2 saturated heterocycles. The van der Waals surface area contributed by atoms with E-state index in [1.807, 2.05) is 24.3 Å². The van der Waals surface area contributed by atoms with Crippen molar-refractivity contribution in [2.75, 3.05) is 19.8 Å². The molecule has 3 aliphatic rings. The van der Waals surface area contributed by atoms with Crippen molar-refractivity contribution in [3.8, 4) is 5.69 Å². The number of hydrogen-bond acceptors (Lipinski definition) is 7. The summed E-state index contributed by atoms with van der Waals surface area (Å²) < 4.78 is 20.5. The molecule has 3 amide bonds. The van der Waals surface area contributed by atoms with Gasteiger partial charge in [-0.2, -0.15) is 0 Å². The van der Waals surface area contributed by atoms with Gasteiger partial charge in [-0.15, -0.1) is 5.10 Å². The number of hydrogen-bond donors (Lipinski definition) is 3. The lowest BCUT2D eigenvalue weighted by molar-refractivity contribution is -0.132. The van der Waals surface area contributed by atoms with E-state index in [4.69, 9.17) is 4.74 Å². The predicted molar refractivity (Wildman–Crippen MR) is 150 cm³/mol. The molecule has 0 radical (unpaired) electrons. The molecule has 0 aliphatic carbocycles. The van der Waals surface area contributed by atoms with E-state index in [9.17, 15) is 18.8 Å². The third kappa shape index (κ3) is 6.34. The van der Waals surface area contributed by atoms with E-state index in [1.54, 1.807) is 18.3 Å². The lowest BCUT2D eigenvalue weighted by atomic mass is 10.0. The van der Waals surface area contributed by atoms with Crippen molar-refractivity contribution in [3.63, 3.8) is 0 Å². The third-order valence-corrected chi connectivity index (χ3v) is 8.27. The Morgan fingerprint density at radius 2 is 1.71 bits per heavy atom. The average molecular weight is 576 g/mol. The number of benzene rings is 2. The minimum Gasteiger partial charge on any atom is -0.381 e. The van der Waals surface area contributed by atoms with E-state index >= 15 is 0 Å². The van der Waals surface area contributed by atoms with Crippen molar-refractivity contribution in [2.45, 2.75) is 62.8 Å². The summed E-state index contributed by atoms with van der Waals surface area (Å²) in [6, 6.07) is 11.9. The maximum absolute atomic E-state index is 13.8. The number of carbonyl (C=O) groups is 3. The van der Waals surface area contributed by atoms with Crippen LogP contribution in [0.3, 0.4) is 0 Å². The number of carbonyl (C=O) groups excluding carboxylic acids is 3. The van der Waals surface area contributed by atoms with Crippen LogP contribution in [-0.4, -0.2) is 81.5 Å². The van der Waals surface area contributed by atoms with E-state index in [2.05, 4.69) is 31.2 Å². The quantitative estimate of drug-likeness (QED) is 0.424. The Kier molecular flexibility index (Phi) is 8.24. The number of aromatic nitrogens is 3. The number of rotatable bonds is 4. The first-order valence-electron chi connectivity index (χ1n) is 14.4. The number of ether oxygens (including phenoxy) is 1. The Morgan fingerprint density at radius 1 is 0.952 bits per heavy atom.